The summed E-state index contributed by atoms with van der Waals surface area (Å²) < 4.78 is 25.3. The van der Waals surface area contributed by atoms with Gasteiger partial charge < -0.3 is 5.11 Å². The van der Waals surface area contributed by atoms with Crippen LogP contribution in [0.3, 0.4) is 0 Å². The van der Waals surface area contributed by atoms with Crippen molar-refractivity contribution in [2.24, 2.45) is 0 Å². The van der Waals surface area contributed by atoms with Crippen LogP contribution in [-0.4, -0.2) is 18.8 Å². The molecule has 0 bridgehead atoms. The highest BCUT2D eigenvalue weighted by atomic mass is 32.2. The number of benzene rings is 1. The Balaban J connectivity index is 2.98. The fourth-order valence-electron chi connectivity index (χ4n) is 0.995. The van der Waals surface area contributed by atoms with Crippen molar-refractivity contribution in [3.8, 4) is 11.8 Å². The van der Waals surface area contributed by atoms with Crippen LogP contribution in [0.4, 0.5) is 5.69 Å². The predicted molar refractivity (Wildman–Crippen MR) is 60.5 cm³/mol. The topological polar surface area (TPSA) is 90.2 Å². The van der Waals surface area contributed by atoms with Gasteiger partial charge in [-0.1, -0.05) is 6.07 Å². The SMILES string of the molecule is Cc1ccc(NS(=O)(=O)C(C)C#N)cc1O. The zero-order valence-corrected chi connectivity index (χ0v) is 9.75. The first-order chi connectivity index (χ1) is 7.36. The molecule has 1 atom stereocenters. The number of sulfonamides is 1. The summed E-state index contributed by atoms with van der Waals surface area (Å²) in [5.41, 5.74) is 0.890. The van der Waals surface area contributed by atoms with Crippen LogP contribution >= 0.6 is 0 Å². The van der Waals surface area contributed by atoms with Crippen LogP contribution in [0.5, 0.6) is 5.75 Å². The molecule has 0 spiro atoms. The van der Waals surface area contributed by atoms with Crippen molar-refractivity contribution in [2.75, 3.05) is 4.72 Å². The number of hydrogen-bond donors (Lipinski definition) is 2. The fraction of sp³-hybridized carbons (Fsp3) is 0.300. The van der Waals surface area contributed by atoms with Crippen molar-refractivity contribution in [2.45, 2.75) is 19.1 Å². The Bertz CT molecular complexity index is 531. The highest BCUT2D eigenvalue weighted by Gasteiger charge is 2.20. The Morgan fingerprint density at radius 3 is 2.62 bits per heavy atom. The molecule has 16 heavy (non-hydrogen) atoms. The third kappa shape index (κ3) is 2.64. The van der Waals surface area contributed by atoms with Gasteiger partial charge in [-0.15, -0.1) is 0 Å². The first-order valence-electron chi connectivity index (χ1n) is 4.57. The number of aryl methyl sites for hydroxylation is 1. The Labute approximate surface area is 94.4 Å². The molecule has 0 aliphatic heterocycles. The maximum absolute atomic E-state index is 11.5. The predicted octanol–water partition coefficient (Wildman–Crippen LogP) is 1.35. The first-order valence-corrected chi connectivity index (χ1v) is 6.12. The summed E-state index contributed by atoms with van der Waals surface area (Å²) in [5.74, 6) is 0.00445. The maximum atomic E-state index is 11.5. The van der Waals surface area contributed by atoms with Crippen LogP contribution in [-0.2, 0) is 10.0 Å². The molecule has 1 rings (SSSR count). The maximum Gasteiger partial charge on any atom is 0.248 e. The molecule has 0 radical (unpaired) electrons. The average Bonchev–Trinajstić information content (AvgIpc) is 2.22. The van der Waals surface area contributed by atoms with E-state index in [0.717, 1.165) is 0 Å². The Morgan fingerprint density at radius 1 is 1.50 bits per heavy atom. The molecule has 5 nitrogen and oxygen atoms in total. The molecular formula is C10H12N2O3S. The zero-order chi connectivity index (χ0) is 12.3. The summed E-state index contributed by atoms with van der Waals surface area (Å²) in [5, 5.41) is 16.8. The van der Waals surface area contributed by atoms with Gasteiger partial charge in [-0.25, -0.2) is 8.42 Å². The van der Waals surface area contributed by atoms with E-state index in [-0.39, 0.29) is 11.4 Å². The molecule has 86 valence electrons. The van der Waals surface area contributed by atoms with Gasteiger partial charge in [0.25, 0.3) is 0 Å². The molecule has 1 aromatic carbocycles. The lowest BCUT2D eigenvalue weighted by Gasteiger charge is -2.10. The van der Waals surface area contributed by atoms with Crippen LogP contribution in [0.2, 0.25) is 0 Å². The summed E-state index contributed by atoms with van der Waals surface area (Å²) in [4.78, 5) is 0. The second kappa shape index (κ2) is 4.41. The largest absolute Gasteiger partial charge is 0.508 e. The minimum Gasteiger partial charge on any atom is -0.508 e. The van der Waals surface area contributed by atoms with E-state index in [9.17, 15) is 13.5 Å². The van der Waals surface area contributed by atoms with E-state index in [1.54, 1.807) is 19.1 Å². The van der Waals surface area contributed by atoms with Gasteiger partial charge in [0.1, 0.15) is 5.75 Å². The Hall–Kier alpha value is -1.74. The summed E-state index contributed by atoms with van der Waals surface area (Å²) in [6, 6.07) is 6.05. The highest BCUT2D eigenvalue weighted by Crippen LogP contribution is 2.22. The second-order valence-electron chi connectivity index (χ2n) is 3.42. The number of phenols is 1. The Morgan fingerprint density at radius 2 is 2.12 bits per heavy atom. The van der Waals surface area contributed by atoms with E-state index in [2.05, 4.69) is 4.72 Å². The van der Waals surface area contributed by atoms with Crippen molar-refractivity contribution >= 4 is 15.7 Å². The summed E-state index contributed by atoms with van der Waals surface area (Å²) >= 11 is 0. The van der Waals surface area contributed by atoms with Gasteiger partial charge in [0.15, 0.2) is 5.25 Å². The smallest absolute Gasteiger partial charge is 0.248 e. The first kappa shape index (κ1) is 12.3. The van der Waals surface area contributed by atoms with Crippen LogP contribution in [0.25, 0.3) is 0 Å². The molecule has 1 unspecified atom stereocenters. The standard InChI is InChI=1S/C10H12N2O3S/c1-7-3-4-9(5-10(7)13)12-16(14,15)8(2)6-11/h3-5,8,12-13H,1-2H3. The molecule has 0 saturated carbocycles. The van der Waals surface area contributed by atoms with Gasteiger partial charge in [-0.05, 0) is 25.5 Å². The highest BCUT2D eigenvalue weighted by molar-refractivity contribution is 7.93. The van der Waals surface area contributed by atoms with E-state index in [0.29, 0.717) is 5.56 Å². The average molecular weight is 240 g/mol. The minimum atomic E-state index is -3.72. The van der Waals surface area contributed by atoms with Crippen LogP contribution < -0.4 is 4.72 Å². The van der Waals surface area contributed by atoms with Gasteiger partial charge in [0.05, 0.1) is 11.8 Å². The summed E-state index contributed by atoms with van der Waals surface area (Å²) in [6.45, 7) is 2.99. The van der Waals surface area contributed by atoms with E-state index < -0.39 is 15.3 Å². The molecule has 2 N–H and O–H groups in total. The molecule has 0 heterocycles. The minimum absolute atomic E-state index is 0.00445. The van der Waals surface area contributed by atoms with E-state index in [1.807, 2.05) is 0 Å². The lowest BCUT2D eigenvalue weighted by molar-refractivity contribution is 0.471. The number of nitriles is 1. The molecule has 0 aliphatic rings. The van der Waals surface area contributed by atoms with Gasteiger partial charge in [-0.3, -0.25) is 4.72 Å². The van der Waals surface area contributed by atoms with E-state index >= 15 is 0 Å². The molecule has 6 heteroatoms. The van der Waals surface area contributed by atoms with Crippen LogP contribution in [0.1, 0.15) is 12.5 Å². The normalized spacial score (nSPS) is 12.8. The number of anilines is 1. The molecular weight excluding hydrogens is 228 g/mol. The number of nitrogens with one attached hydrogen (secondary N) is 1. The van der Waals surface area contributed by atoms with Crippen molar-refractivity contribution in [1.29, 1.82) is 5.26 Å². The van der Waals surface area contributed by atoms with E-state index in [1.165, 1.54) is 19.1 Å². The molecule has 0 aromatic heterocycles. The molecule has 0 aliphatic carbocycles. The van der Waals surface area contributed by atoms with Crippen molar-refractivity contribution in [1.82, 2.24) is 0 Å². The third-order valence-electron chi connectivity index (χ3n) is 2.12. The van der Waals surface area contributed by atoms with Gasteiger partial charge in [-0.2, -0.15) is 5.26 Å². The van der Waals surface area contributed by atoms with Crippen LogP contribution in [0.15, 0.2) is 18.2 Å². The van der Waals surface area contributed by atoms with Crippen LogP contribution in [0, 0.1) is 18.3 Å². The summed E-state index contributed by atoms with van der Waals surface area (Å²) in [7, 11) is -3.72. The number of hydrogen-bond acceptors (Lipinski definition) is 4. The number of aromatic hydroxyl groups is 1. The quantitative estimate of drug-likeness (QED) is 0.834. The van der Waals surface area contributed by atoms with Gasteiger partial charge >= 0.3 is 0 Å². The fourth-order valence-corrected chi connectivity index (χ4v) is 1.77. The number of phenolic OH excluding ortho intramolecular Hbond substituents is 1. The van der Waals surface area contributed by atoms with Crippen molar-refractivity contribution in [3.63, 3.8) is 0 Å². The Kier molecular flexibility index (Phi) is 3.40. The number of nitrogens with zero attached hydrogens (tertiary/aromatic N) is 1. The monoisotopic (exact) mass is 240 g/mol. The van der Waals surface area contributed by atoms with Crippen molar-refractivity contribution < 1.29 is 13.5 Å². The van der Waals surface area contributed by atoms with Gasteiger partial charge in [0.2, 0.25) is 10.0 Å². The molecule has 0 saturated heterocycles. The summed E-state index contributed by atoms with van der Waals surface area (Å²) in [6.07, 6.45) is 0. The molecule has 1 aromatic rings. The molecule has 0 fully saturated rings. The third-order valence-corrected chi connectivity index (χ3v) is 3.67. The lowest BCUT2D eigenvalue weighted by Crippen LogP contribution is -2.23. The molecule has 0 amide bonds. The van der Waals surface area contributed by atoms with Crippen molar-refractivity contribution in [3.05, 3.63) is 23.8 Å². The van der Waals surface area contributed by atoms with Gasteiger partial charge in [0, 0.05) is 6.07 Å². The van der Waals surface area contributed by atoms with E-state index in [4.69, 9.17) is 5.26 Å². The lowest BCUT2D eigenvalue weighted by atomic mass is 10.2. The zero-order valence-electron chi connectivity index (χ0n) is 8.93. The number of rotatable bonds is 3. The second-order valence-corrected chi connectivity index (χ2v) is 5.42.